The first kappa shape index (κ1) is 31.8. The third-order valence-corrected chi connectivity index (χ3v) is 10.5. The molecule has 2 heterocycles. The van der Waals surface area contributed by atoms with Crippen LogP contribution in [0.4, 0.5) is 0 Å². The van der Waals surface area contributed by atoms with E-state index < -0.39 is 5.66 Å². The van der Waals surface area contributed by atoms with Crippen molar-refractivity contribution in [3.8, 4) is 0 Å². The largest absolute Gasteiger partial charge is 0.345 e. The lowest BCUT2D eigenvalue weighted by Crippen LogP contribution is -2.51. The highest BCUT2D eigenvalue weighted by atomic mass is 35.5. The molecule has 2 aliphatic carbocycles. The van der Waals surface area contributed by atoms with Crippen LogP contribution in [0.1, 0.15) is 107 Å². The van der Waals surface area contributed by atoms with Crippen LogP contribution in [0.25, 0.3) is 0 Å². The van der Waals surface area contributed by atoms with E-state index in [0.29, 0.717) is 44.1 Å². The quantitative estimate of drug-likeness (QED) is 0.246. The summed E-state index contributed by atoms with van der Waals surface area (Å²) in [6.07, 6.45) is 8.00. The second-order valence-electron chi connectivity index (χ2n) is 14.5. The molecule has 6 rings (SSSR count). The van der Waals surface area contributed by atoms with Gasteiger partial charge in [-0.15, -0.1) is 10.6 Å². The van der Waals surface area contributed by atoms with E-state index in [1.165, 1.54) is 12.8 Å². The lowest BCUT2D eigenvalue weighted by atomic mass is 9.73. The van der Waals surface area contributed by atoms with Crippen LogP contribution in [0.2, 0.25) is 10.0 Å². The smallest absolute Gasteiger partial charge is 0.275 e. The van der Waals surface area contributed by atoms with Crippen molar-refractivity contribution in [1.29, 1.82) is 0 Å². The van der Waals surface area contributed by atoms with Gasteiger partial charge >= 0.3 is 0 Å². The molecule has 0 aromatic heterocycles. The number of hydrogen-bond acceptors (Lipinski definition) is 7. The Kier molecular flexibility index (Phi) is 8.65. The van der Waals surface area contributed by atoms with Gasteiger partial charge in [0.1, 0.15) is 11.4 Å². The van der Waals surface area contributed by atoms with Crippen LogP contribution in [0.3, 0.4) is 0 Å². The number of hydrazone groups is 1. The summed E-state index contributed by atoms with van der Waals surface area (Å²) < 4.78 is 0. The maximum absolute atomic E-state index is 14.6. The number of halogens is 2. The Labute approximate surface area is 275 Å². The Morgan fingerprint density at radius 1 is 1.07 bits per heavy atom. The summed E-state index contributed by atoms with van der Waals surface area (Å²) in [5.74, 6) is 0.954. The van der Waals surface area contributed by atoms with Crippen molar-refractivity contribution in [2.45, 2.75) is 90.8 Å². The Balaban J connectivity index is 1.33. The number of nitrogens with one attached hydrogen (secondary N) is 4. The molecule has 2 amide bonds. The first-order valence-corrected chi connectivity index (χ1v) is 16.7. The summed E-state index contributed by atoms with van der Waals surface area (Å²) in [5, 5.41) is 7.84. The number of rotatable bonds is 9. The summed E-state index contributed by atoms with van der Waals surface area (Å²) in [6.45, 7) is 9.35. The molecule has 2 aromatic carbocycles. The van der Waals surface area contributed by atoms with Crippen molar-refractivity contribution >= 4 is 46.6 Å². The first-order chi connectivity index (χ1) is 21.4. The number of amides is 2. The fourth-order valence-corrected chi connectivity index (χ4v) is 7.63. The van der Waals surface area contributed by atoms with E-state index in [2.05, 4.69) is 59.5 Å². The fourth-order valence-electron chi connectivity index (χ4n) is 7.10. The molecule has 4 N–H and O–H groups in total. The molecule has 9 nitrogen and oxygen atoms in total. The van der Waals surface area contributed by atoms with Crippen molar-refractivity contribution in [3.05, 3.63) is 69.2 Å². The van der Waals surface area contributed by atoms with E-state index >= 15 is 0 Å². The number of amidine groups is 1. The minimum Gasteiger partial charge on any atom is -0.345 e. The molecule has 1 unspecified atom stereocenters. The van der Waals surface area contributed by atoms with Gasteiger partial charge in [-0.1, -0.05) is 63.0 Å². The predicted octanol–water partition coefficient (Wildman–Crippen LogP) is 6.53. The van der Waals surface area contributed by atoms with Gasteiger partial charge in [0.15, 0.2) is 5.84 Å². The summed E-state index contributed by atoms with van der Waals surface area (Å²) in [4.78, 5) is 34.9. The number of hydrazine groups is 2. The Bertz CT molecular complexity index is 1500. The van der Waals surface area contributed by atoms with Gasteiger partial charge in [-0.3, -0.25) is 20.0 Å². The average molecular weight is 653 g/mol. The van der Waals surface area contributed by atoms with Gasteiger partial charge in [0.05, 0.1) is 12.6 Å². The van der Waals surface area contributed by atoms with Gasteiger partial charge in [0.25, 0.3) is 11.8 Å². The maximum Gasteiger partial charge on any atom is 0.275 e. The van der Waals surface area contributed by atoms with E-state index in [9.17, 15) is 9.59 Å². The second-order valence-corrected chi connectivity index (χ2v) is 15.4. The molecule has 2 fully saturated rings. The second kappa shape index (κ2) is 12.2. The summed E-state index contributed by atoms with van der Waals surface area (Å²) >= 11 is 12.8. The van der Waals surface area contributed by atoms with Gasteiger partial charge in [-0.05, 0) is 104 Å². The van der Waals surface area contributed by atoms with Gasteiger partial charge in [-0.2, -0.15) is 0 Å². The van der Waals surface area contributed by atoms with Crippen LogP contribution in [-0.4, -0.2) is 40.5 Å². The van der Waals surface area contributed by atoms with Gasteiger partial charge in [0, 0.05) is 21.2 Å². The molecule has 45 heavy (non-hydrogen) atoms. The SMILES string of the molecule is CC(C)(C)CCC(c1ccc(C(=O)NCC2=NNNN2)cc1)N1C(=O)C(c2cc(Cl)cc(Cl)c2)=NC12CCC(C1(C)CC1)CC2. The van der Waals surface area contributed by atoms with Crippen molar-refractivity contribution in [2.24, 2.45) is 26.8 Å². The lowest BCUT2D eigenvalue weighted by molar-refractivity contribution is -0.133. The minimum absolute atomic E-state index is 0.0666. The fraction of sp³-hybridized carbons (Fsp3) is 0.529. The van der Waals surface area contributed by atoms with Crippen molar-refractivity contribution in [3.63, 3.8) is 0 Å². The average Bonchev–Trinajstić information content (AvgIpc) is 3.40. The third kappa shape index (κ3) is 6.86. The standard InChI is InChI=1S/C34H43Cl2N7O2/c1-32(2,3)12-11-27(21-5-7-22(8-6-21)30(44)37-20-28-39-41-42-40-28)43-31(45)29(23-17-25(35)19-26(36)18-23)38-34(43)13-9-24(10-14-34)33(4)15-16-33/h5-8,17-19,24,27,41-42H,9-16,20H2,1-4H3,(H,37,44)(H,39,40). The molecule has 0 bridgehead atoms. The maximum atomic E-state index is 14.6. The van der Waals surface area contributed by atoms with E-state index in [1.54, 1.807) is 18.2 Å². The molecular formula is C34H43Cl2N7O2. The minimum atomic E-state index is -0.640. The Hall–Kier alpha value is -3.14. The molecule has 1 atom stereocenters. The van der Waals surface area contributed by atoms with Crippen LogP contribution in [0.15, 0.2) is 52.6 Å². The third-order valence-electron chi connectivity index (χ3n) is 10.0. The first-order valence-electron chi connectivity index (χ1n) is 16.0. The highest BCUT2D eigenvalue weighted by Gasteiger charge is 2.55. The van der Waals surface area contributed by atoms with E-state index in [0.717, 1.165) is 44.1 Å². The Morgan fingerprint density at radius 2 is 1.73 bits per heavy atom. The van der Waals surface area contributed by atoms with Crippen LogP contribution in [-0.2, 0) is 4.79 Å². The van der Waals surface area contributed by atoms with Crippen LogP contribution < -0.4 is 21.8 Å². The number of aliphatic imine (C=N–C) groups is 1. The predicted molar refractivity (Wildman–Crippen MR) is 179 cm³/mol. The molecule has 2 aromatic rings. The molecule has 240 valence electrons. The summed E-state index contributed by atoms with van der Waals surface area (Å²) in [5.41, 5.74) is 10.5. The molecular weight excluding hydrogens is 609 g/mol. The molecule has 0 saturated heterocycles. The molecule has 2 saturated carbocycles. The normalized spacial score (nSPS) is 24.5. The molecule has 2 aliphatic heterocycles. The highest BCUT2D eigenvalue weighted by molar-refractivity contribution is 6.47. The number of carbonyl (C=O) groups is 2. The Morgan fingerprint density at radius 3 is 2.31 bits per heavy atom. The summed E-state index contributed by atoms with van der Waals surface area (Å²) in [6, 6.07) is 12.7. The monoisotopic (exact) mass is 651 g/mol. The highest BCUT2D eigenvalue weighted by Crippen LogP contribution is 2.58. The van der Waals surface area contributed by atoms with Gasteiger partial charge < -0.3 is 10.2 Å². The van der Waals surface area contributed by atoms with Crippen molar-refractivity contribution in [1.82, 2.24) is 26.7 Å². The molecule has 4 aliphatic rings. The number of hydrogen-bond donors (Lipinski definition) is 4. The van der Waals surface area contributed by atoms with Crippen LogP contribution in [0.5, 0.6) is 0 Å². The number of benzene rings is 2. The zero-order valence-corrected chi connectivity index (χ0v) is 28.0. The van der Waals surface area contributed by atoms with E-state index in [1.807, 2.05) is 24.3 Å². The zero-order chi connectivity index (χ0) is 32.0. The van der Waals surface area contributed by atoms with Crippen LogP contribution in [0, 0.1) is 16.7 Å². The molecule has 0 radical (unpaired) electrons. The molecule has 1 spiro atoms. The lowest BCUT2D eigenvalue weighted by Gasteiger charge is -2.46. The van der Waals surface area contributed by atoms with Crippen molar-refractivity contribution in [2.75, 3.05) is 6.54 Å². The van der Waals surface area contributed by atoms with Crippen molar-refractivity contribution < 1.29 is 9.59 Å². The van der Waals surface area contributed by atoms with E-state index in [4.69, 9.17) is 28.2 Å². The van der Waals surface area contributed by atoms with Gasteiger partial charge in [-0.25, -0.2) is 5.53 Å². The number of nitrogens with zero attached hydrogens (tertiary/aromatic N) is 3. The molecule has 11 heteroatoms. The van der Waals surface area contributed by atoms with Gasteiger partial charge in [0.2, 0.25) is 0 Å². The zero-order valence-electron chi connectivity index (χ0n) is 26.5. The van der Waals surface area contributed by atoms with Crippen LogP contribution >= 0.6 is 23.2 Å². The summed E-state index contributed by atoms with van der Waals surface area (Å²) in [7, 11) is 0. The topological polar surface area (TPSA) is 110 Å². The van der Waals surface area contributed by atoms with E-state index in [-0.39, 0.29) is 29.8 Å². The number of carbonyl (C=O) groups excluding carboxylic acids is 2.